The van der Waals surface area contributed by atoms with E-state index in [0.29, 0.717) is 22.5 Å². The lowest BCUT2D eigenvalue weighted by atomic mass is 9.86. The molecule has 33 heavy (non-hydrogen) atoms. The second kappa shape index (κ2) is 6.58. The quantitative estimate of drug-likeness (QED) is 0.404. The molecule has 1 atom stereocenters. The molecule has 3 aromatic heterocycles. The molecule has 5 heterocycles. The number of cyclic esters (lactones) is 1. The monoisotopic (exact) mass is 446 g/mol. The van der Waals surface area contributed by atoms with Crippen molar-refractivity contribution in [1.29, 1.82) is 0 Å². The molecule has 2 aliphatic rings. The number of carbonyl (C=O) groups is 1. The van der Waals surface area contributed by atoms with Crippen LogP contribution >= 0.6 is 0 Å². The highest BCUT2D eigenvalue weighted by Gasteiger charge is 2.45. The van der Waals surface area contributed by atoms with Crippen LogP contribution in [0.1, 0.15) is 35.6 Å². The fraction of sp³-hybridized carbons (Fsp3) is 0.250. The normalized spacial score (nSPS) is 18.7. The number of rotatable bonds is 2. The molecule has 0 unspecified atom stereocenters. The first-order valence-electron chi connectivity index (χ1n) is 10.6. The van der Waals surface area contributed by atoms with Gasteiger partial charge in [-0.05, 0) is 37.1 Å². The number of nitrogens with one attached hydrogen (secondary N) is 1. The zero-order chi connectivity index (χ0) is 23.1. The molecule has 8 nitrogen and oxygen atoms in total. The first-order chi connectivity index (χ1) is 15.8. The largest absolute Gasteiger partial charge is 0.458 e. The van der Waals surface area contributed by atoms with Gasteiger partial charge in [0.15, 0.2) is 5.60 Å². The summed E-state index contributed by atoms with van der Waals surface area (Å²) in [7, 11) is 0. The summed E-state index contributed by atoms with van der Waals surface area (Å²) in [6.45, 7) is 3.39. The molecule has 0 fully saturated rings. The molecule has 0 spiro atoms. The van der Waals surface area contributed by atoms with Gasteiger partial charge in [-0.25, -0.2) is 14.2 Å². The number of benzene rings is 1. The van der Waals surface area contributed by atoms with E-state index in [1.165, 1.54) is 6.07 Å². The summed E-state index contributed by atoms with van der Waals surface area (Å²) in [4.78, 5) is 30.5. The molecular weight excluding hydrogens is 427 g/mol. The lowest BCUT2D eigenvalue weighted by Crippen LogP contribution is -2.44. The third-order valence-electron chi connectivity index (χ3n) is 6.74. The second-order valence-electron chi connectivity index (χ2n) is 8.51. The van der Waals surface area contributed by atoms with Gasteiger partial charge < -0.3 is 14.4 Å². The number of fused-ring (bicyclic) bond motifs is 5. The van der Waals surface area contributed by atoms with Crippen LogP contribution in [0, 0.1) is 12.7 Å². The molecule has 0 amide bonds. The minimum Gasteiger partial charge on any atom is -0.458 e. The van der Waals surface area contributed by atoms with Gasteiger partial charge in [-0.1, -0.05) is 6.92 Å². The smallest absolute Gasteiger partial charge is 0.343 e. The average Bonchev–Trinajstić information content (AvgIpc) is 3.45. The van der Waals surface area contributed by atoms with Crippen molar-refractivity contribution in [2.24, 2.45) is 0 Å². The fourth-order valence-electron chi connectivity index (χ4n) is 4.91. The van der Waals surface area contributed by atoms with Crippen molar-refractivity contribution in [2.45, 2.75) is 39.0 Å². The number of hydrogen-bond donors (Lipinski definition) is 2. The first kappa shape index (κ1) is 19.8. The predicted octanol–water partition coefficient (Wildman–Crippen LogP) is 2.92. The van der Waals surface area contributed by atoms with Gasteiger partial charge in [0.2, 0.25) is 0 Å². The van der Waals surface area contributed by atoms with Gasteiger partial charge in [0.25, 0.3) is 5.56 Å². The summed E-state index contributed by atoms with van der Waals surface area (Å²) in [5.41, 5.74) is 2.43. The maximum atomic E-state index is 14.5. The SMILES string of the molecule is CC[C@@]1(O)C(=O)OCc2c1cc1n(c2=O)Cc2c-1nc1cc(F)c(C)cc1c2-c1ccn[nH]1. The summed E-state index contributed by atoms with van der Waals surface area (Å²) in [5.74, 6) is -1.16. The maximum Gasteiger partial charge on any atom is 0.343 e. The number of carbonyl (C=O) groups excluding carboxylic acids is 1. The molecule has 6 rings (SSSR count). The summed E-state index contributed by atoms with van der Waals surface area (Å²) < 4.78 is 21.1. The van der Waals surface area contributed by atoms with Crippen molar-refractivity contribution in [3.63, 3.8) is 0 Å². The Hall–Kier alpha value is -3.85. The number of hydrogen-bond acceptors (Lipinski definition) is 6. The Morgan fingerprint density at radius 1 is 1.27 bits per heavy atom. The van der Waals surface area contributed by atoms with Crippen molar-refractivity contribution in [1.82, 2.24) is 19.7 Å². The van der Waals surface area contributed by atoms with E-state index in [-0.39, 0.29) is 42.1 Å². The molecule has 2 aliphatic heterocycles. The van der Waals surface area contributed by atoms with Gasteiger partial charge in [0, 0.05) is 34.3 Å². The Balaban J connectivity index is 1.71. The number of pyridine rings is 2. The van der Waals surface area contributed by atoms with E-state index >= 15 is 0 Å². The van der Waals surface area contributed by atoms with Crippen molar-refractivity contribution in [3.05, 3.63) is 68.9 Å². The van der Waals surface area contributed by atoms with Gasteiger partial charge in [-0.15, -0.1) is 0 Å². The number of nitrogens with zero attached hydrogens (tertiary/aromatic N) is 3. The third-order valence-corrected chi connectivity index (χ3v) is 6.74. The van der Waals surface area contributed by atoms with Crippen LogP contribution in [-0.4, -0.2) is 30.8 Å². The third kappa shape index (κ3) is 2.53. The fourth-order valence-corrected chi connectivity index (χ4v) is 4.91. The van der Waals surface area contributed by atoms with Gasteiger partial charge in [0.05, 0.1) is 34.7 Å². The number of aryl methyl sites for hydroxylation is 1. The molecule has 166 valence electrons. The minimum absolute atomic E-state index is 0.0591. The summed E-state index contributed by atoms with van der Waals surface area (Å²) in [6, 6.07) is 6.58. The van der Waals surface area contributed by atoms with E-state index in [1.807, 2.05) is 6.07 Å². The molecule has 1 aromatic carbocycles. The van der Waals surface area contributed by atoms with Crippen LogP contribution in [0.3, 0.4) is 0 Å². The van der Waals surface area contributed by atoms with Crippen LogP contribution in [0.4, 0.5) is 4.39 Å². The molecule has 2 N–H and O–H groups in total. The molecule has 0 saturated carbocycles. The summed E-state index contributed by atoms with van der Waals surface area (Å²) >= 11 is 0. The summed E-state index contributed by atoms with van der Waals surface area (Å²) in [5, 5.41) is 18.8. The van der Waals surface area contributed by atoms with E-state index in [9.17, 15) is 19.1 Å². The van der Waals surface area contributed by atoms with Crippen molar-refractivity contribution in [3.8, 4) is 22.6 Å². The average molecular weight is 446 g/mol. The highest BCUT2D eigenvalue weighted by molar-refractivity contribution is 5.99. The topological polar surface area (TPSA) is 110 Å². The van der Waals surface area contributed by atoms with E-state index < -0.39 is 11.6 Å². The molecular formula is C24H19FN4O4. The van der Waals surface area contributed by atoms with Gasteiger partial charge in [0.1, 0.15) is 12.4 Å². The zero-order valence-corrected chi connectivity index (χ0v) is 17.9. The van der Waals surface area contributed by atoms with Gasteiger partial charge >= 0.3 is 5.97 Å². The second-order valence-corrected chi connectivity index (χ2v) is 8.51. The highest BCUT2D eigenvalue weighted by atomic mass is 19.1. The molecule has 9 heteroatoms. The number of aliphatic hydroxyl groups is 1. The highest BCUT2D eigenvalue weighted by Crippen LogP contribution is 2.43. The molecule has 0 saturated heterocycles. The summed E-state index contributed by atoms with van der Waals surface area (Å²) in [6.07, 6.45) is 1.69. The zero-order valence-electron chi connectivity index (χ0n) is 17.9. The first-order valence-corrected chi connectivity index (χ1v) is 10.6. The Labute approximate surface area is 186 Å². The predicted molar refractivity (Wildman–Crippen MR) is 117 cm³/mol. The van der Waals surface area contributed by atoms with Crippen LogP contribution in [-0.2, 0) is 28.3 Å². The number of aromatic nitrogens is 4. The van der Waals surface area contributed by atoms with E-state index in [4.69, 9.17) is 9.72 Å². The van der Waals surface area contributed by atoms with E-state index in [1.54, 1.807) is 36.7 Å². The lowest BCUT2D eigenvalue weighted by Gasteiger charge is -2.31. The van der Waals surface area contributed by atoms with Gasteiger partial charge in [-0.2, -0.15) is 5.10 Å². The number of halogens is 1. The Morgan fingerprint density at radius 3 is 2.82 bits per heavy atom. The maximum absolute atomic E-state index is 14.5. The molecule has 0 aliphatic carbocycles. The number of H-pyrrole nitrogens is 1. The van der Waals surface area contributed by atoms with Crippen molar-refractivity contribution < 1.29 is 19.0 Å². The number of esters is 1. The van der Waals surface area contributed by atoms with E-state index in [2.05, 4.69) is 10.2 Å². The Morgan fingerprint density at radius 2 is 2.09 bits per heavy atom. The van der Waals surface area contributed by atoms with Crippen molar-refractivity contribution >= 4 is 16.9 Å². The molecule has 0 radical (unpaired) electrons. The van der Waals surface area contributed by atoms with Crippen LogP contribution in [0.25, 0.3) is 33.5 Å². The molecule has 0 bridgehead atoms. The standard InChI is InChI=1S/C24H19FN4O4/c1-3-24(32)15-7-19-21-13(9-29(19)22(30)14(15)10-33-23(24)31)20(17-4-5-26-28-17)12-6-11(2)16(25)8-18(12)27-21/h4-8,32H,3,9-10H2,1-2H3,(H,26,28)/t24-/m0/s1. The van der Waals surface area contributed by atoms with Crippen molar-refractivity contribution in [2.75, 3.05) is 0 Å². The van der Waals surface area contributed by atoms with Crippen LogP contribution in [0.2, 0.25) is 0 Å². The minimum atomic E-state index is -1.91. The van der Waals surface area contributed by atoms with Gasteiger partial charge in [-0.3, -0.25) is 9.89 Å². The number of ether oxygens (including phenoxy) is 1. The van der Waals surface area contributed by atoms with Crippen LogP contribution in [0.15, 0.2) is 35.3 Å². The molecule has 4 aromatic rings. The van der Waals surface area contributed by atoms with Crippen LogP contribution < -0.4 is 5.56 Å². The lowest BCUT2D eigenvalue weighted by molar-refractivity contribution is -0.172. The Bertz CT molecular complexity index is 1560. The number of aromatic amines is 1. The van der Waals surface area contributed by atoms with E-state index in [0.717, 1.165) is 22.2 Å². The van der Waals surface area contributed by atoms with Crippen LogP contribution in [0.5, 0.6) is 0 Å². The Kier molecular flexibility index (Phi) is 3.95.